The second kappa shape index (κ2) is 3.36. The van der Waals surface area contributed by atoms with Crippen molar-refractivity contribution >= 4 is 0 Å². The van der Waals surface area contributed by atoms with Crippen molar-refractivity contribution in [3.63, 3.8) is 0 Å². The van der Waals surface area contributed by atoms with E-state index in [1.54, 1.807) is 0 Å². The van der Waals surface area contributed by atoms with Crippen molar-refractivity contribution in [2.75, 3.05) is 0 Å². The first-order chi connectivity index (χ1) is 6.88. The highest BCUT2D eigenvalue weighted by atomic mass is 19.3. The van der Waals surface area contributed by atoms with Crippen LogP contribution in [0.4, 0.5) is 17.6 Å². The zero-order chi connectivity index (χ0) is 11.3. The van der Waals surface area contributed by atoms with E-state index >= 15 is 0 Å². The summed E-state index contributed by atoms with van der Waals surface area (Å²) in [7, 11) is 0. The Morgan fingerprint density at radius 2 is 1.73 bits per heavy atom. The second-order valence-electron chi connectivity index (χ2n) is 4.96. The molecule has 2 aliphatic carbocycles. The van der Waals surface area contributed by atoms with Crippen molar-refractivity contribution in [3.05, 3.63) is 0 Å². The minimum absolute atomic E-state index is 0.164. The van der Waals surface area contributed by atoms with Gasteiger partial charge in [0, 0.05) is 12.3 Å². The molecule has 2 saturated carbocycles. The molecule has 4 heteroatoms. The normalized spacial score (nSPS) is 36.2. The maximum atomic E-state index is 13.6. The predicted molar refractivity (Wildman–Crippen MR) is 49.1 cm³/mol. The average Bonchev–Trinajstić information content (AvgIpc) is 2.78. The van der Waals surface area contributed by atoms with Crippen molar-refractivity contribution in [1.29, 1.82) is 0 Å². The lowest BCUT2D eigenvalue weighted by molar-refractivity contribution is -0.244. The molecule has 0 spiro atoms. The van der Waals surface area contributed by atoms with Gasteiger partial charge in [-0.05, 0) is 31.1 Å². The summed E-state index contributed by atoms with van der Waals surface area (Å²) in [5, 5.41) is 0. The van der Waals surface area contributed by atoms with E-state index in [2.05, 4.69) is 0 Å². The Morgan fingerprint density at radius 3 is 2.13 bits per heavy atom. The third-order valence-electron chi connectivity index (χ3n) is 4.14. The first-order valence-electron chi connectivity index (χ1n) is 5.64. The van der Waals surface area contributed by atoms with Gasteiger partial charge in [-0.15, -0.1) is 0 Å². The summed E-state index contributed by atoms with van der Waals surface area (Å²) in [4.78, 5) is 0. The van der Waals surface area contributed by atoms with Gasteiger partial charge in [0.25, 0.3) is 0 Å². The van der Waals surface area contributed by atoms with Crippen molar-refractivity contribution < 1.29 is 17.6 Å². The van der Waals surface area contributed by atoms with E-state index < -0.39 is 24.2 Å². The highest BCUT2D eigenvalue weighted by molar-refractivity contribution is 5.00. The summed E-state index contributed by atoms with van der Waals surface area (Å²) in [5.74, 6) is -8.60. The van der Waals surface area contributed by atoms with Gasteiger partial charge in [0.1, 0.15) is 0 Å². The van der Waals surface area contributed by atoms with Gasteiger partial charge in [-0.3, -0.25) is 0 Å². The lowest BCUT2D eigenvalue weighted by Gasteiger charge is -2.35. The molecule has 0 aromatic carbocycles. The molecule has 88 valence electrons. The highest BCUT2D eigenvalue weighted by Crippen LogP contribution is 2.57. The maximum Gasteiger partial charge on any atom is 0.313 e. The van der Waals surface area contributed by atoms with Crippen LogP contribution in [-0.2, 0) is 0 Å². The molecular formula is C11H16F4. The van der Waals surface area contributed by atoms with Crippen LogP contribution in [0.1, 0.15) is 39.0 Å². The summed E-state index contributed by atoms with van der Waals surface area (Å²) < 4.78 is 53.5. The largest absolute Gasteiger partial charge is 0.313 e. The SMILES string of the molecule is CCC(F)(F)C(F)(F)C1CC2CCC1C2. The summed E-state index contributed by atoms with van der Waals surface area (Å²) in [6, 6.07) is 0. The Hall–Kier alpha value is -0.280. The van der Waals surface area contributed by atoms with E-state index in [4.69, 9.17) is 0 Å². The molecule has 2 fully saturated rings. The quantitative estimate of drug-likeness (QED) is 0.633. The van der Waals surface area contributed by atoms with Crippen LogP contribution in [-0.4, -0.2) is 11.8 Å². The van der Waals surface area contributed by atoms with Gasteiger partial charge < -0.3 is 0 Å². The lowest BCUT2D eigenvalue weighted by atomic mass is 9.81. The zero-order valence-corrected chi connectivity index (χ0v) is 8.78. The number of fused-ring (bicyclic) bond motifs is 2. The molecule has 15 heavy (non-hydrogen) atoms. The Kier molecular flexibility index (Phi) is 2.51. The van der Waals surface area contributed by atoms with Crippen molar-refractivity contribution in [3.8, 4) is 0 Å². The molecule has 0 heterocycles. The number of alkyl halides is 4. The summed E-state index contributed by atoms with van der Waals surface area (Å²) in [6.07, 6.45) is 1.93. The molecule has 0 amide bonds. The molecule has 0 aromatic rings. The number of hydrogen-bond acceptors (Lipinski definition) is 0. The maximum absolute atomic E-state index is 13.6. The second-order valence-corrected chi connectivity index (χ2v) is 4.96. The van der Waals surface area contributed by atoms with Crippen LogP contribution in [0.2, 0.25) is 0 Å². The molecule has 0 aromatic heterocycles. The van der Waals surface area contributed by atoms with Gasteiger partial charge in [0.2, 0.25) is 0 Å². The number of hydrogen-bond donors (Lipinski definition) is 0. The fourth-order valence-electron chi connectivity index (χ4n) is 3.20. The van der Waals surface area contributed by atoms with Crippen LogP contribution in [0.15, 0.2) is 0 Å². The van der Waals surface area contributed by atoms with E-state index in [1.165, 1.54) is 0 Å². The average molecular weight is 224 g/mol. The van der Waals surface area contributed by atoms with Crippen LogP contribution in [0.3, 0.4) is 0 Å². The molecule has 2 rings (SSSR count). The predicted octanol–water partition coefficient (Wildman–Crippen LogP) is 4.10. The van der Waals surface area contributed by atoms with Gasteiger partial charge >= 0.3 is 11.8 Å². The van der Waals surface area contributed by atoms with E-state index in [0.29, 0.717) is 12.8 Å². The third kappa shape index (κ3) is 1.56. The minimum atomic E-state index is -3.83. The van der Waals surface area contributed by atoms with Crippen LogP contribution >= 0.6 is 0 Å². The smallest absolute Gasteiger partial charge is 0.200 e. The van der Waals surface area contributed by atoms with E-state index in [-0.39, 0.29) is 11.8 Å². The van der Waals surface area contributed by atoms with E-state index in [1.807, 2.05) is 0 Å². The van der Waals surface area contributed by atoms with Crippen LogP contribution < -0.4 is 0 Å². The van der Waals surface area contributed by atoms with Crippen LogP contribution in [0.5, 0.6) is 0 Å². The van der Waals surface area contributed by atoms with Gasteiger partial charge in [0.05, 0.1) is 0 Å². The fraction of sp³-hybridized carbons (Fsp3) is 1.00. The molecule has 2 aliphatic rings. The van der Waals surface area contributed by atoms with Crippen LogP contribution in [0, 0.1) is 17.8 Å². The number of rotatable bonds is 3. The standard InChI is InChI=1S/C11H16F4/c1-2-10(12,13)11(14,15)9-6-7-3-4-8(9)5-7/h7-9H,2-6H2,1H3. The molecule has 0 N–H and O–H groups in total. The first-order valence-corrected chi connectivity index (χ1v) is 5.64. The molecule has 3 atom stereocenters. The molecule has 0 aliphatic heterocycles. The van der Waals surface area contributed by atoms with Gasteiger partial charge in [-0.1, -0.05) is 13.3 Å². The molecule has 2 bridgehead atoms. The summed E-state index contributed by atoms with van der Waals surface area (Å²) >= 11 is 0. The summed E-state index contributed by atoms with van der Waals surface area (Å²) in [6.45, 7) is 1.13. The van der Waals surface area contributed by atoms with Gasteiger partial charge in [-0.2, -0.15) is 17.6 Å². The van der Waals surface area contributed by atoms with Crippen LogP contribution in [0.25, 0.3) is 0 Å². The molecule has 0 nitrogen and oxygen atoms in total. The Balaban J connectivity index is 2.16. The Morgan fingerprint density at radius 1 is 1.07 bits per heavy atom. The number of halogens is 4. The third-order valence-corrected chi connectivity index (χ3v) is 4.14. The van der Waals surface area contributed by atoms with E-state index in [9.17, 15) is 17.6 Å². The van der Waals surface area contributed by atoms with Crippen molar-refractivity contribution in [1.82, 2.24) is 0 Å². The summed E-state index contributed by atoms with van der Waals surface area (Å²) in [5.41, 5.74) is 0. The zero-order valence-electron chi connectivity index (χ0n) is 8.78. The lowest BCUT2D eigenvalue weighted by Crippen LogP contribution is -2.47. The van der Waals surface area contributed by atoms with Gasteiger partial charge in [-0.25, -0.2) is 0 Å². The molecule has 3 unspecified atom stereocenters. The van der Waals surface area contributed by atoms with Crippen molar-refractivity contribution in [2.24, 2.45) is 17.8 Å². The topological polar surface area (TPSA) is 0 Å². The monoisotopic (exact) mass is 224 g/mol. The highest BCUT2D eigenvalue weighted by Gasteiger charge is 2.63. The molecule has 0 saturated heterocycles. The first kappa shape index (κ1) is 11.2. The molecular weight excluding hydrogens is 208 g/mol. The minimum Gasteiger partial charge on any atom is -0.200 e. The van der Waals surface area contributed by atoms with Gasteiger partial charge in [0.15, 0.2) is 0 Å². The van der Waals surface area contributed by atoms with Crippen molar-refractivity contribution in [2.45, 2.75) is 50.9 Å². The Bertz CT molecular complexity index is 249. The fourth-order valence-corrected chi connectivity index (χ4v) is 3.20. The Labute approximate surface area is 87.0 Å². The van der Waals surface area contributed by atoms with E-state index in [0.717, 1.165) is 19.8 Å². The molecule has 0 radical (unpaired) electrons.